The Morgan fingerprint density at radius 1 is 1.07 bits per heavy atom. The van der Waals surface area contributed by atoms with E-state index < -0.39 is 16.6 Å². The summed E-state index contributed by atoms with van der Waals surface area (Å²) in [6, 6.07) is 0. The average Bonchev–Trinajstić information content (AvgIpc) is 2.47. The van der Waals surface area contributed by atoms with Crippen molar-refractivity contribution < 1.29 is 8.85 Å². The Morgan fingerprint density at radius 2 is 1.59 bits per heavy atom. The molecule has 2 atom stereocenters. The first-order valence-electron chi connectivity index (χ1n) is 11.0. The van der Waals surface area contributed by atoms with Gasteiger partial charge in [0.1, 0.15) is 0 Å². The van der Waals surface area contributed by atoms with Crippen LogP contribution in [-0.2, 0) is 8.85 Å². The van der Waals surface area contributed by atoms with Crippen LogP contribution in [0.1, 0.15) is 68.2 Å². The summed E-state index contributed by atoms with van der Waals surface area (Å²) in [5, 5.41) is 0. The molecule has 0 saturated carbocycles. The van der Waals surface area contributed by atoms with Gasteiger partial charge in [0.05, 0.1) is 12.4 Å². The molecule has 158 valence electrons. The van der Waals surface area contributed by atoms with Crippen LogP contribution in [0, 0.1) is 11.8 Å². The predicted molar refractivity (Wildman–Crippen MR) is 125 cm³/mol. The quantitative estimate of drug-likeness (QED) is 0.284. The molecule has 1 rings (SSSR count). The first kappa shape index (κ1) is 24.7. The molecule has 0 amide bonds. The van der Waals surface area contributed by atoms with E-state index in [9.17, 15) is 0 Å². The van der Waals surface area contributed by atoms with E-state index in [0.717, 1.165) is 13.0 Å². The number of rotatable bonds is 9. The molecule has 0 bridgehead atoms. The molecule has 0 heterocycles. The smallest absolute Gasteiger partial charge is 0.241 e. The molecule has 1 aliphatic carbocycles. The summed E-state index contributed by atoms with van der Waals surface area (Å²) in [4.78, 5) is 0. The second-order valence-electron chi connectivity index (χ2n) is 10.6. The van der Waals surface area contributed by atoms with E-state index >= 15 is 0 Å². The van der Waals surface area contributed by atoms with Crippen LogP contribution in [0.25, 0.3) is 0 Å². The van der Waals surface area contributed by atoms with Gasteiger partial charge in [0.2, 0.25) is 16.6 Å². The van der Waals surface area contributed by atoms with Crippen molar-refractivity contribution in [2.75, 3.05) is 6.61 Å². The molecule has 27 heavy (non-hydrogen) atoms. The molecule has 0 radical (unpaired) electrons. The van der Waals surface area contributed by atoms with Crippen LogP contribution in [0.2, 0.25) is 36.3 Å². The zero-order valence-electron chi connectivity index (χ0n) is 20.0. The average molecular weight is 411 g/mol. The van der Waals surface area contributed by atoms with E-state index in [1.807, 2.05) is 0 Å². The van der Waals surface area contributed by atoms with Gasteiger partial charge in [0, 0.05) is 12.3 Å². The van der Waals surface area contributed by atoms with Gasteiger partial charge >= 0.3 is 0 Å². The molecule has 2 nitrogen and oxygen atoms in total. The third kappa shape index (κ3) is 6.90. The Bertz CT molecular complexity index is 505. The van der Waals surface area contributed by atoms with Crippen molar-refractivity contribution in [1.29, 1.82) is 0 Å². The highest BCUT2D eigenvalue weighted by atomic mass is 28.4. The first-order chi connectivity index (χ1) is 12.3. The van der Waals surface area contributed by atoms with Crippen LogP contribution in [0.3, 0.4) is 0 Å². The van der Waals surface area contributed by atoms with Crippen LogP contribution in [0.15, 0.2) is 23.5 Å². The van der Waals surface area contributed by atoms with E-state index in [0.29, 0.717) is 28.5 Å². The second kappa shape index (κ2) is 9.93. The zero-order chi connectivity index (χ0) is 21.0. The first-order valence-corrected chi connectivity index (χ1v) is 16.5. The van der Waals surface area contributed by atoms with Gasteiger partial charge in [-0.3, -0.25) is 0 Å². The van der Waals surface area contributed by atoms with Crippen LogP contribution < -0.4 is 0 Å². The molecule has 0 saturated heterocycles. The van der Waals surface area contributed by atoms with Gasteiger partial charge in [-0.1, -0.05) is 60.1 Å². The number of hydrogen-bond donors (Lipinski definition) is 0. The van der Waals surface area contributed by atoms with Crippen LogP contribution in [0.4, 0.5) is 0 Å². The lowest BCUT2D eigenvalue weighted by Gasteiger charge is -2.42. The molecule has 0 spiro atoms. The maximum Gasteiger partial charge on any atom is 0.241 e. The summed E-state index contributed by atoms with van der Waals surface area (Å²) >= 11 is 0. The molecular formula is C23H46O2Si2. The fourth-order valence-corrected chi connectivity index (χ4v) is 11.3. The van der Waals surface area contributed by atoms with E-state index in [4.69, 9.17) is 8.85 Å². The second-order valence-corrected chi connectivity index (χ2v) is 20.5. The normalized spacial score (nSPS) is 22.6. The van der Waals surface area contributed by atoms with Gasteiger partial charge in [-0.05, 0) is 61.6 Å². The van der Waals surface area contributed by atoms with Crippen molar-refractivity contribution in [2.24, 2.45) is 11.8 Å². The lowest BCUT2D eigenvalue weighted by molar-refractivity contribution is 0.309. The van der Waals surface area contributed by atoms with Crippen LogP contribution in [0.5, 0.6) is 0 Å². The Kier molecular flexibility index (Phi) is 9.09. The monoisotopic (exact) mass is 410 g/mol. The van der Waals surface area contributed by atoms with E-state index in [1.165, 1.54) is 17.8 Å². The molecule has 0 aromatic rings. The molecule has 0 aromatic heterocycles. The molecule has 0 aromatic carbocycles. The summed E-state index contributed by atoms with van der Waals surface area (Å²) in [6.45, 7) is 26.3. The third-order valence-corrected chi connectivity index (χ3v) is 13.0. The summed E-state index contributed by atoms with van der Waals surface area (Å²) in [5.74, 6) is 2.41. The molecule has 0 fully saturated rings. The summed E-state index contributed by atoms with van der Waals surface area (Å²) < 4.78 is 13.1. The minimum atomic E-state index is -1.78. The zero-order valence-corrected chi connectivity index (χ0v) is 22.0. The highest BCUT2D eigenvalue weighted by Crippen LogP contribution is 2.42. The van der Waals surface area contributed by atoms with E-state index in [2.05, 4.69) is 87.2 Å². The summed E-state index contributed by atoms with van der Waals surface area (Å²) in [7, 11) is -3.32. The maximum atomic E-state index is 6.73. The molecule has 1 unspecified atom stereocenters. The lowest BCUT2D eigenvalue weighted by atomic mass is 9.83. The van der Waals surface area contributed by atoms with Gasteiger partial charge in [0.15, 0.2) is 0 Å². The minimum Gasteiger partial charge on any atom is -0.548 e. The summed E-state index contributed by atoms with van der Waals surface area (Å²) in [6.07, 6.45) is 7.05. The lowest BCUT2D eigenvalue weighted by Crippen LogP contribution is -2.47. The van der Waals surface area contributed by atoms with Crippen LogP contribution >= 0.6 is 0 Å². The van der Waals surface area contributed by atoms with E-state index in [1.54, 1.807) is 0 Å². The topological polar surface area (TPSA) is 18.5 Å². The van der Waals surface area contributed by atoms with Gasteiger partial charge in [-0.2, -0.15) is 0 Å². The third-order valence-electron chi connectivity index (χ3n) is 6.06. The largest absolute Gasteiger partial charge is 0.548 e. The molecule has 0 N–H and O–H groups in total. The van der Waals surface area contributed by atoms with Gasteiger partial charge in [-0.15, -0.1) is 0 Å². The molecular weight excluding hydrogens is 364 g/mol. The van der Waals surface area contributed by atoms with Crippen molar-refractivity contribution in [3.63, 3.8) is 0 Å². The van der Waals surface area contributed by atoms with Crippen molar-refractivity contribution >= 4 is 16.6 Å². The fraction of sp³-hybridized carbons (Fsp3) is 0.826. The Hall–Kier alpha value is -0.326. The van der Waals surface area contributed by atoms with Gasteiger partial charge in [0.25, 0.3) is 0 Å². The van der Waals surface area contributed by atoms with Crippen molar-refractivity contribution in [1.82, 2.24) is 0 Å². The molecule has 0 aliphatic heterocycles. The highest BCUT2D eigenvalue weighted by Gasteiger charge is 2.44. The van der Waals surface area contributed by atoms with Crippen molar-refractivity contribution in [3.8, 4) is 0 Å². The Morgan fingerprint density at radius 3 is 2.04 bits per heavy atom. The van der Waals surface area contributed by atoms with Crippen molar-refractivity contribution in [2.45, 2.75) is 104 Å². The summed E-state index contributed by atoms with van der Waals surface area (Å²) in [5.41, 5.74) is 3.35. The highest BCUT2D eigenvalue weighted by molar-refractivity contribution is 6.77. The predicted octanol–water partition coefficient (Wildman–Crippen LogP) is 7.91. The number of hydrogen-bond acceptors (Lipinski definition) is 2. The SMILES string of the molecule is CC(=CCO[Si](C(C)C)(C(C)C)C(C)C)C1C=C(O[Si](C)(C)C)C[C@H](C)C1. The molecule has 1 aliphatic rings. The Labute approximate surface area is 172 Å². The standard InChI is InChI=1S/C23H46O2Si2/c1-17(2)27(18(3)4,19(5)6)24-13-12-21(8)22-14-20(7)15-23(16-22)25-26(9,10)11/h12,16-20,22H,13-15H2,1-11H3/t20-,22?/m1/s1. The Balaban J connectivity index is 2.90. The minimum absolute atomic E-state index is 0.497. The number of allylic oxidation sites excluding steroid dienone is 3. The molecule has 4 heteroatoms. The fourth-order valence-electron chi connectivity index (χ4n) is 4.98. The van der Waals surface area contributed by atoms with Crippen LogP contribution in [-0.4, -0.2) is 23.2 Å². The van der Waals surface area contributed by atoms with E-state index in [-0.39, 0.29) is 0 Å². The van der Waals surface area contributed by atoms with Gasteiger partial charge < -0.3 is 8.85 Å². The maximum absolute atomic E-state index is 6.73. The van der Waals surface area contributed by atoms with Crippen molar-refractivity contribution in [3.05, 3.63) is 23.5 Å². The van der Waals surface area contributed by atoms with Gasteiger partial charge in [-0.25, -0.2) is 0 Å².